The molecular formula is C24H35ClFN5O2S. The molecule has 0 bridgehead atoms. The van der Waals surface area contributed by atoms with E-state index in [1.807, 2.05) is 41.5 Å². The van der Waals surface area contributed by atoms with Crippen LogP contribution in [0.4, 0.5) is 15.0 Å². The zero-order valence-corrected chi connectivity index (χ0v) is 22.7. The lowest BCUT2D eigenvalue weighted by Crippen LogP contribution is -2.58. The Balaban J connectivity index is 0.00000158. The molecule has 188 valence electrons. The number of halogens is 2. The minimum Gasteiger partial charge on any atom is -0.444 e. The summed E-state index contributed by atoms with van der Waals surface area (Å²) in [4.78, 5) is 30.4. The molecule has 0 aromatic carbocycles. The van der Waals surface area contributed by atoms with Gasteiger partial charge in [-0.15, -0.1) is 0 Å². The van der Waals surface area contributed by atoms with Crippen LogP contribution in [0.2, 0.25) is 5.15 Å². The number of hydrogen-bond acceptors (Lipinski definition) is 7. The van der Waals surface area contributed by atoms with Crippen LogP contribution in [0, 0.1) is 11.7 Å². The van der Waals surface area contributed by atoms with E-state index in [2.05, 4.69) is 21.8 Å². The van der Waals surface area contributed by atoms with Crippen molar-refractivity contribution in [3.8, 4) is 0 Å². The first-order chi connectivity index (χ1) is 16.1. The van der Waals surface area contributed by atoms with Crippen molar-refractivity contribution in [2.75, 3.05) is 30.3 Å². The molecule has 4 rings (SSSR count). The molecule has 4 heterocycles. The third-order valence-corrected chi connectivity index (χ3v) is 6.87. The second-order valence-corrected chi connectivity index (χ2v) is 10.9. The molecule has 10 heteroatoms. The van der Waals surface area contributed by atoms with Crippen LogP contribution in [-0.4, -0.2) is 63.0 Å². The highest BCUT2D eigenvalue weighted by atomic mass is 35.5. The summed E-state index contributed by atoms with van der Waals surface area (Å²) in [6.45, 7) is 15.4. The quantitative estimate of drug-likeness (QED) is 0.279. The van der Waals surface area contributed by atoms with Gasteiger partial charge in [0.1, 0.15) is 16.9 Å². The van der Waals surface area contributed by atoms with Crippen molar-refractivity contribution >= 4 is 46.2 Å². The maximum absolute atomic E-state index is 15.0. The molecule has 2 aromatic heterocycles. The van der Waals surface area contributed by atoms with Crippen LogP contribution in [0.5, 0.6) is 0 Å². The minimum absolute atomic E-state index is 0.0285. The maximum atomic E-state index is 15.0. The van der Waals surface area contributed by atoms with Crippen LogP contribution in [0.3, 0.4) is 0 Å². The number of aromatic nitrogens is 3. The Morgan fingerprint density at radius 3 is 2.59 bits per heavy atom. The van der Waals surface area contributed by atoms with Gasteiger partial charge in [-0.3, -0.25) is 0 Å². The number of nitrogens with zero attached hydrogens (tertiary/aromatic N) is 5. The van der Waals surface area contributed by atoms with E-state index in [9.17, 15) is 4.79 Å². The van der Waals surface area contributed by atoms with Gasteiger partial charge in [0.15, 0.2) is 16.1 Å². The number of amides is 1. The van der Waals surface area contributed by atoms with E-state index in [4.69, 9.17) is 21.3 Å². The number of piperazine rings is 1. The fraction of sp³-hybridized carbons (Fsp3) is 0.667. The summed E-state index contributed by atoms with van der Waals surface area (Å²) in [6.07, 6.45) is 1.17. The Kier molecular flexibility index (Phi) is 8.50. The summed E-state index contributed by atoms with van der Waals surface area (Å²) in [5, 5.41) is 1.00. The molecule has 1 saturated heterocycles. The SMILES string of the molecule is CC.CCSc1nc2c3c(nc(Cl)c(F)c3n1)CCC(C)C1CN(C(=O)OC(C)(C)C)CCN21. The molecule has 0 N–H and O–H groups in total. The van der Waals surface area contributed by atoms with E-state index in [0.29, 0.717) is 42.4 Å². The molecule has 1 fully saturated rings. The van der Waals surface area contributed by atoms with E-state index >= 15 is 4.39 Å². The molecule has 1 amide bonds. The molecule has 0 spiro atoms. The van der Waals surface area contributed by atoms with E-state index in [-0.39, 0.29) is 28.7 Å². The molecule has 2 aromatic rings. The number of carbonyl (C=O) groups is 1. The number of pyridine rings is 1. The van der Waals surface area contributed by atoms with Gasteiger partial charge in [0.05, 0.1) is 17.1 Å². The molecule has 2 atom stereocenters. The van der Waals surface area contributed by atoms with Crippen molar-refractivity contribution < 1.29 is 13.9 Å². The highest BCUT2D eigenvalue weighted by Gasteiger charge is 2.38. The lowest BCUT2D eigenvalue weighted by molar-refractivity contribution is 0.0197. The molecule has 0 aliphatic carbocycles. The normalized spacial score (nSPS) is 20.1. The van der Waals surface area contributed by atoms with Gasteiger partial charge in [-0.2, -0.15) is 0 Å². The maximum Gasteiger partial charge on any atom is 0.410 e. The van der Waals surface area contributed by atoms with Crippen LogP contribution >= 0.6 is 23.4 Å². The molecule has 7 nitrogen and oxygen atoms in total. The van der Waals surface area contributed by atoms with Crippen LogP contribution in [-0.2, 0) is 11.2 Å². The minimum atomic E-state index is -0.607. The topological polar surface area (TPSA) is 71.5 Å². The Labute approximate surface area is 210 Å². The number of rotatable bonds is 2. The standard InChI is InChI=1S/C22H29ClFN5O2S.C2H6/c1-6-32-20-26-17-15-13(25-18(23)16(17)24)8-7-12(2)14-11-28(21(30)31-22(3,4)5)9-10-29(14)19(15)27-20;1-2/h12,14H,6-11H2,1-5H3;1-2H3. The first-order valence-electron chi connectivity index (χ1n) is 12.0. The van der Waals surface area contributed by atoms with E-state index in [1.165, 1.54) is 11.8 Å². The Hall–Kier alpha value is -1.87. The zero-order chi connectivity index (χ0) is 25.2. The first-order valence-corrected chi connectivity index (χ1v) is 13.4. The van der Waals surface area contributed by atoms with Crippen LogP contribution in [0.25, 0.3) is 10.9 Å². The first kappa shape index (κ1) is 26.7. The zero-order valence-electron chi connectivity index (χ0n) is 21.1. The van der Waals surface area contributed by atoms with Gasteiger partial charge in [0, 0.05) is 19.6 Å². The molecule has 2 unspecified atom stereocenters. The van der Waals surface area contributed by atoms with Gasteiger partial charge < -0.3 is 14.5 Å². The predicted octanol–water partition coefficient (Wildman–Crippen LogP) is 5.96. The van der Waals surface area contributed by atoms with E-state index < -0.39 is 11.4 Å². The lowest BCUT2D eigenvalue weighted by atomic mass is 9.89. The molecular weight excluding hydrogens is 477 g/mol. The summed E-state index contributed by atoms with van der Waals surface area (Å²) in [5.74, 6) is 1.10. The molecule has 2 aliphatic heterocycles. The van der Waals surface area contributed by atoms with Gasteiger partial charge in [0.2, 0.25) is 0 Å². The van der Waals surface area contributed by atoms with Crippen molar-refractivity contribution in [1.29, 1.82) is 0 Å². The molecule has 0 saturated carbocycles. The van der Waals surface area contributed by atoms with Gasteiger partial charge in [-0.25, -0.2) is 24.1 Å². The molecule has 0 radical (unpaired) electrons. The van der Waals surface area contributed by atoms with Gasteiger partial charge in [-0.1, -0.05) is 51.1 Å². The Bertz CT molecular complexity index is 1050. The number of ether oxygens (including phenoxy) is 1. The van der Waals surface area contributed by atoms with Gasteiger partial charge in [0.25, 0.3) is 0 Å². The molecule has 2 aliphatic rings. The third-order valence-electron chi connectivity index (χ3n) is 5.89. The summed E-state index contributed by atoms with van der Waals surface area (Å²) < 4.78 is 20.6. The monoisotopic (exact) mass is 511 g/mol. The van der Waals surface area contributed by atoms with Gasteiger partial charge >= 0.3 is 6.09 Å². The number of aryl methyl sites for hydroxylation is 1. The largest absolute Gasteiger partial charge is 0.444 e. The second kappa shape index (κ2) is 10.8. The number of anilines is 1. The Morgan fingerprint density at radius 2 is 1.94 bits per heavy atom. The molecule has 34 heavy (non-hydrogen) atoms. The fourth-order valence-corrected chi connectivity index (χ4v) is 5.12. The van der Waals surface area contributed by atoms with Crippen molar-refractivity contribution in [2.45, 2.75) is 78.1 Å². The second-order valence-electron chi connectivity index (χ2n) is 9.35. The number of thioether (sulfide) groups is 1. The Morgan fingerprint density at radius 1 is 1.24 bits per heavy atom. The number of fused-ring (bicyclic) bond motifs is 2. The average Bonchev–Trinajstić information content (AvgIpc) is 2.79. The van der Waals surface area contributed by atoms with Crippen molar-refractivity contribution in [1.82, 2.24) is 19.9 Å². The fourth-order valence-electron chi connectivity index (χ4n) is 4.37. The van der Waals surface area contributed by atoms with E-state index in [1.54, 1.807) is 4.90 Å². The van der Waals surface area contributed by atoms with Crippen LogP contribution < -0.4 is 4.90 Å². The van der Waals surface area contributed by atoms with Crippen LogP contribution in [0.1, 0.15) is 60.6 Å². The summed E-state index contributed by atoms with van der Waals surface area (Å²) in [7, 11) is 0. The highest BCUT2D eigenvalue weighted by Crippen LogP contribution is 2.38. The van der Waals surface area contributed by atoms with Gasteiger partial charge in [-0.05, 0) is 45.3 Å². The predicted molar refractivity (Wildman–Crippen MR) is 136 cm³/mol. The van der Waals surface area contributed by atoms with Crippen molar-refractivity contribution in [3.05, 3.63) is 16.7 Å². The van der Waals surface area contributed by atoms with Crippen molar-refractivity contribution in [3.63, 3.8) is 0 Å². The summed E-state index contributed by atoms with van der Waals surface area (Å²) >= 11 is 7.59. The lowest BCUT2D eigenvalue weighted by Gasteiger charge is -2.46. The summed E-state index contributed by atoms with van der Waals surface area (Å²) in [5.41, 5.74) is 0.408. The highest BCUT2D eigenvalue weighted by molar-refractivity contribution is 7.99. The van der Waals surface area contributed by atoms with Crippen molar-refractivity contribution in [2.24, 2.45) is 5.92 Å². The smallest absolute Gasteiger partial charge is 0.410 e. The van der Waals surface area contributed by atoms with Crippen LogP contribution in [0.15, 0.2) is 5.16 Å². The summed E-state index contributed by atoms with van der Waals surface area (Å²) in [6, 6.07) is 0.0285. The third kappa shape index (κ3) is 5.51. The van der Waals surface area contributed by atoms with E-state index in [0.717, 1.165) is 17.9 Å². The number of hydrogen-bond donors (Lipinski definition) is 0. The average molecular weight is 512 g/mol. The number of carbonyl (C=O) groups excluding carboxylic acids is 1.